The van der Waals surface area contributed by atoms with Gasteiger partial charge in [0.1, 0.15) is 0 Å². The number of nitrogens with zero attached hydrogens (tertiary/aromatic N) is 4. The summed E-state index contributed by atoms with van der Waals surface area (Å²) in [5.74, 6) is 2.50. The van der Waals surface area contributed by atoms with Gasteiger partial charge >= 0.3 is 0 Å². The standard InChI is InChI=1S/C23H16N4O4S2/c1-13-4-2-5-14(8-13)27-22(28)15-9-17-18(30-12-29-17)10-16(15)24-23(27)33-11-20-25-21(26-31-20)19-6-3-7-32-19/h2-10H,11-12H2,1H3. The molecule has 0 unspecified atom stereocenters. The molecular weight excluding hydrogens is 460 g/mol. The quantitative estimate of drug-likeness (QED) is 0.263. The molecule has 0 atom stereocenters. The van der Waals surface area contributed by atoms with Crippen LogP contribution in [0.4, 0.5) is 0 Å². The highest BCUT2D eigenvalue weighted by Crippen LogP contribution is 2.35. The number of thioether (sulfide) groups is 1. The average Bonchev–Trinajstić information content (AvgIpc) is 3.58. The van der Waals surface area contributed by atoms with Gasteiger partial charge in [0, 0.05) is 6.07 Å². The van der Waals surface area contributed by atoms with Crippen LogP contribution in [0.5, 0.6) is 11.5 Å². The Bertz CT molecular complexity index is 1540. The Morgan fingerprint density at radius 3 is 2.79 bits per heavy atom. The zero-order valence-corrected chi connectivity index (χ0v) is 19.0. The topological polar surface area (TPSA) is 92.3 Å². The van der Waals surface area contributed by atoms with Gasteiger partial charge in [0.2, 0.25) is 18.5 Å². The van der Waals surface area contributed by atoms with Gasteiger partial charge in [-0.25, -0.2) is 4.98 Å². The summed E-state index contributed by atoms with van der Waals surface area (Å²) in [4.78, 5) is 23.8. The molecule has 164 valence electrons. The lowest BCUT2D eigenvalue weighted by Crippen LogP contribution is -2.22. The first-order chi connectivity index (χ1) is 16.2. The number of thiophene rings is 1. The van der Waals surface area contributed by atoms with Crippen LogP contribution < -0.4 is 15.0 Å². The molecule has 0 N–H and O–H groups in total. The molecule has 1 aliphatic heterocycles. The number of hydrogen-bond donors (Lipinski definition) is 0. The van der Waals surface area contributed by atoms with Crippen molar-refractivity contribution in [1.29, 1.82) is 0 Å². The lowest BCUT2D eigenvalue weighted by atomic mass is 10.2. The van der Waals surface area contributed by atoms with Gasteiger partial charge in [-0.05, 0) is 42.1 Å². The zero-order valence-electron chi connectivity index (χ0n) is 17.3. The van der Waals surface area contributed by atoms with E-state index < -0.39 is 0 Å². The Kier molecular flexibility index (Phi) is 4.88. The predicted molar refractivity (Wildman–Crippen MR) is 125 cm³/mol. The molecule has 3 aromatic heterocycles. The normalized spacial score (nSPS) is 12.5. The molecule has 4 heterocycles. The van der Waals surface area contributed by atoms with E-state index in [0.717, 1.165) is 16.1 Å². The Hall–Kier alpha value is -3.63. The van der Waals surface area contributed by atoms with E-state index in [4.69, 9.17) is 19.0 Å². The van der Waals surface area contributed by atoms with Crippen LogP contribution in [-0.2, 0) is 5.75 Å². The minimum atomic E-state index is -0.184. The first kappa shape index (κ1) is 20.0. The van der Waals surface area contributed by atoms with Crippen LogP contribution in [0.25, 0.3) is 27.3 Å². The highest BCUT2D eigenvalue weighted by atomic mass is 32.2. The number of hydrogen-bond acceptors (Lipinski definition) is 9. The van der Waals surface area contributed by atoms with Crippen LogP contribution in [0.15, 0.2) is 68.4 Å². The van der Waals surface area contributed by atoms with E-state index in [0.29, 0.717) is 45.0 Å². The summed E-state index contributed by atoms with van der Waals surface area (Å²) in [6.45, 7) is 2.11. The molecule has 2 aromatic carbocycles. The minimum absolute atomic E-state index is 0.128. The largest absolute Gasteiger partial charge is 0.454 e. The highest BCUT2D eigenvalue weighted by molar-refractivity contribution is 7.98. The van der Waals surface area contributed by atoms with Crippen LogP contribution in [0, 0.1) is 6.92 Å². The van der Waals surface area contributed by atoms with Crippen molar-refractivity contribution in [2.24, 2.45) is 0 Å². The summed E-state index contributed by atoms with van der Waals surface area (Å²) in [5.41, 5.74) is 2.13. The Balaban J connectivity index is 1.43. The van der Waals surface area contributed by atoms with Crippen molar-refractivity contribution >= 4 is 34.0 Å². The Morgan fingerprint density at radius 2 is 1.97 bits per heavy atom. The van der Waals surface area contributed by atoms with Gasteiger partial charge < -0.3 is 14.0 Å². The van der Waals surface area contributed by atoms with E-state index in [1.807, 2.05) is 48.7 Å². The van der Waals surface area contributed by atoms with Crippen molar-refractivity contribution in [3.63, 3.8) is 0 Å². The molecular formula is C23H16N4O4S2. The summed E-state index contributed by atoms with van der Waals surface area (Å²) < 4.78 is 18.0. The van der Waals surface area contributed by atoms with Gasteiger partial charge in [0.15, 0.2) is 16.7 Å². The molecule has 8 nitrogen and oxygen atoms in total. The van der Waals surface area contributed by atoms with E-state index in [-0.39, 0.29) is 12.4 Å². The van der Waals surface area contributed by atoms with Gasteiger partial charge in [-0.3, -0.25) is 9.36 Å². The van der Waals surface area contributed by atoms with Gasteiger partial charge in [0.05, 0.1) is 27.2 Å². The van der Waals surface area contributed by atoms with Crippen LogP contribution in [-0.4, -0.2) is 26.5 Å². The number of fused-ring (bicyclic) bond motifs is 2. The summed E-state index contributed by atoms with van der Waals surface area (Å²) in [6, 6.07) is 15.1. The summed E-state index contributed by atoms with van der Waals surface area (Å²) >= 11 is 2.91. The fourth-order valence-electron chi connectivity index (χ4n) is 3.59. The second-order valence-corrected chi connectivity index (χ2v) is 9.26. The number of rotatable bonds is 5. The smallest absolute Gasteiger partial charge is 0.266 e. The third-order valence-corrected chi connectivity index (χ3v) is 6.92. The number of aryl methyl sites for hydroxylation is 1. The van der Waals surface area contributed by atoms with E-state index >= 15 is 0 Å². The van der Waals surface area contributed by atoms with Crippen molar-refractivity contribution < 1.29 is 14.0 Å². The number of ether oxygens (including phenoxy) is 2. The first-order valence-electron chi connectivity index (χ1n) is 10.1. The second kappa shape index (κ2) is 8.05. The lowest BCUT2D eigenvalue weighted by molar-refractivity contribution is 0.174. The van der Waals surface area contributed by atoms with Crippen LogP contribution in [0.2, 0.25) is 0 Å². The third-order valence-electron chi connectivity index (χ3n) is 5.13. The van der Waals surface area contributed by atoms with Gasteiger partial charge in [-0.15, -0.1) is 11.3 Å². The molecule has 6 rings (SSSR count). The molecule has 0 amide bonds. The van der Waals surface area contributed by atoms with Crippen molar-refractivity contribution in [3.8, 4) is 27.9 Å². The zero-order chi connectivity index (χ0) is 22.4. The Morgan fingerprint density at radius 1 is 1.09 bits per heavy atom. The van der Waals surface area contributed by atoms with E-state index in [9.17, 15) is 4.79 Å². The van der Waals surface area contributed by atoms with Crippen molar-refractivity contribution in [2.45, 2.75) is 17.8 Å². The highest BCUT2D eigenvalue weighted by Gasteiger charge is 2.20. The molecule has 0 bridgehead atoms. The summed E-state index contributed by atoms with van der Waals surface area (Å²) in [5, 5.41) is 7.01. The monoisotopic (exact) mass is 476 g/mol. The number of benzene rings is 2. The predicted octanol–water partition coefficient (Wildman–Crippen LogP) is 4.83. The molecule has 0 saturated heterocycles. The van der Waals surface area contributed by atoms with E-state index in [1.165, 1.54) is 11.8 Å². The second-order valence-electron chi connectivity index (χ2n) is 7.37. The average molecular weight is 477 g/mol. The molecule has 10 heteroatoms. The van der Waals surface area contributed by atoms with E-state index in [1.54, 1.807) is 28.0 Å². The maximum Gasteiger partial charge on any atom is 0.266 e. The molecule has 0 radical (unpaired) electrons. The maximum atomic E-state index is 13.6. The van der Waals surface area contributed by atoms with E-state index in [2.05, 4.69) is 10.1 Å². The minimum Gasteiger partial charge on any atom is -0.454 e. The summed E-state index contributed by atoms with van der Waals surface area (Å²) in [6.07, 6.45) is 0. The molecule has 0 aliphatic carbocycles. The maximum absolute atomic E-state index is 13.6. The Labute approximate surface area is 195 Å². The van der Waals surface area contributed by atoms with Crippen LogP contribution >= 0.6 is 23.1 Å². The summed E-state index contributed by atoms with van der Waals surface area (Å²) in [7, 11) is 0. The third kappa shape index (κ3) is 3.66. The van der Waals surface area contributed by atoms with Crippen molar-refractivity contribution in [2.75, 3.05) is 6.79 Å². The van der Waals surface area contributed by atoms with Crippen LogP contribution in [0.1, 0.15) is 11.5 Å². The fourth-order valence-corrected chi connectivity index (χ4v) is 5.09. The first-order valence-corrected chi connectivity index (χ1v) is 11.9. The fraction of sp³-hybridized carbons (Fsp3) is 0.130. The number of aromatic nitrogens is 4. The SMILES string of the molecule is Cc1cccc(-n2c(SCc3nc(-c4cccs4)no3)nc3cc4c(cc3c2=O)OCO4)c1. The lowest BCUT2D eigenvalue weighted by Gasteiger charge is -2.13. The molecule has 0 spiro atoms. The van der Waals surface area contributed by atoms with Crippen molar-refractivity contribution in [3.05, 3.63) is 75.7 Å². The van der Waals surface area contributed by atoms with Gasteiger partial charge in [-0.2, -0.15) is 4.98 Å². The molecule has 0 fully saturated rings. The van der Waals surface area contributed by atoms with Gasteiger partial charge in [-0.1, -0.05) is 35.1 Å². The molecule has 33 heavy (non-hydrogen) atoms. The van der Waals surface area contributed by atoms with Crippen molar-refractivity contribution in [1.82, 2.24) is 19.7 Å². The molecule has 1 aliphatic rings. The van der Waals surface area contributed by atoms with Crippen LogP contribution in [0.3, 0.4) is 0 Å². The molecule has 5 aromatic rings. The van der Waals surface area contributed by atoms with Gasteiger partial charge in [0.25, 0.3) is 5.56 Å². The molecule has 0 saturated carbocycles.